The summed E-state index contributed by atoms with van der Waals surface area (Å²) in [6.07, 6.45) is 8.65. The number of aliphatic hydroxyl groups is 1. The number of aliphatic hydroxyl groups excluding tert-OH is 1. The molecule has 0 radical (unpaired) electrons. The van der Waals surface area contributed by atoms with Gasteiger partial charge in [0.1, 0.15) is 5.78 Å². The third-order valence-corrected chi connectivity index (χ3v) is 8.79. The molecule has 4 rings (SSSR count). The van der Waals surface area contributed by atoms with Gasteiger partial charge in [-0.25, -0.2) is 0 Å². The Morgan fingerprint density at radius 2 is 1.77 bits per heavy atom. The Hall–Kier alpha value is -0.370. The summed E-state index contributed by atoms with van der Waals surface area (Å²) < 4.78 is 0. The second kappa shape index (κ2) is 4.82. The maximum Gasteiger partial charge on any atom is 0.133 e. The van der Waals surface area contributed by atoms with Crippen molar-refractivity contribution in [3.05, 3.63) is 0 Å². The van der Waals surface area contributed by atoms with Gasteiger partial charge in [-0.15, -0.1) is 0 Å². The Balaban J connectivity index is 1.68. The van der Waals surface area contributed by atoms with E-state index in [4.69, 9.17) is 0 Å². The van der Waals surface area contributed by atoms with E-state index in [9.17, 15) is 9.90 Å². The van der Waals surface area contributed by atoms with Crippen LogP contribution in [0.25, 0.3) is 0 Å². The molecule has 0 aliphatic heterocycles. The molecule has 0 aromatic heterocycles. The Morgan fingerprint density at radius 1 is 1.05 bits per heavy atom. The molecule has 22 heavy (non-hydrogen) atoms. The average molecular weight is 304 g/mol. The van der Waals surface area contributed by atoms with Crippen molar-refractivity contribution in [2.75, 3.05) is 0 Å². The summed E-state index contributed by atoms with van der Waals surface area (Å²) in [4.78, 5) is 12.0. The van der Waals surface area contributed by atoms with E-state index in [0.717, 1.165) is 43.4 Å². The van der Waals surface area contributed by atoms with Crippen LogP contribution in [0.15, 0.2) is 0 Å². The predicted octanol–water partition coefficient (Wildman–Crippen LogP) is 4.21. The molecule has 4 saturated carbocycles. The molecule has 1 N–H and O–H groups in total. The van der Waals surface area contributed by atoms with E-state index in [-0.39, 0.29) is 11.5 Å². The molecule has 8 atom stereocenters. The Kier molecular flexibility index (Phi) is 3.32. The maximum atomic E-state index is 12.0. The third-order valence-electron chi connectivity index (χ3n) is 8.79. The molecular formula is C20H32O2. The lowest BCUT2D eigenvalue weighted by Crippen LogP contribution is -2.56. The summed E-state index contributed by atoms with van der Waals surface area (Å²) in [6, 6.07) is 0. The number of hydrogen-bond acceptors (Lipinski definition) is 2. The Morgan fingerprint density at radius 3 is 2.55 bits per heavy atom. The van der Waals surface area contributed by atoms with E-state index in [1.807, 2.05) is 0 Å². The number of hydrogen-bond donors (Lipinski definition) is 1. The second-order valence-electron chi connectivity index (χ2n) is 9.59. The highest BCUT2D eigenvalue weighted by atomic mass is 16.3. The third kappa shape index (κ3) is 1.85. The van der Waals surface area contributed by atoms with Crippen LogP contribution < -0.4 is 0 Å². The second-order valence-corrected chi connectivity index (χ2v) is 9.59. The van der Waals surface area contributed by atoms with Gasteiger partial charge in [0, 0.05) is 12.8 Å². The number of Topliss-reactive ketones (excluding diaryl/α,β-unsaturated/α-hetero) is 1. The van der Waals surface area contributed by atoms with Crippen molar-refractivity contribution < 1.29 is 9.90 Å². The topological polar surface area (TPSA) is 37.3 Å². The van der Waals surface area contributed by atoms with Crippen molar-refractivity contribution in [2.45, 2.75) is 78.2 Å². The van der Waals surface area contributed by atoms with E-state index >= 15 is 0 Å². The first-order chi connectivity index (χ1) is 10.4. The van der Waals surface area contributed by atoms with Crippen molar-refractivity contribution in [2.24, 2.45) is 40.4 Å². The van der Waals surface area contributed by atoms with Gasteiger partial charge in [-0.05, 0) is 78.9 Å². The van der Waals surface area contributed by atoms with E-state index in [2.05, 4.69) is 20.8 Å². The van der Waals surface area contributed by atoms with Crippen LogP contribution in [0.1, 0.15) is 72.1 Å². The van der Waals surface area contributed by atoms with Gasteiger partial charge >= 0.3 is 0 Å². The maximum absolute atomic E-state index is 12.0. The predicted molar refractivity (Wildman–Crippen MR) is 87.3 cm³/mol. The zero-order valence-corrected chi connectivity index (χ0v) is 14.5. The van der Waals surface area contributed by atoms with Crippen molar-refractivity contribution in [1.82, 2.24) is 0 Å². The normalized spacial score (nSPS) is 57.9. The summed E-state index contributed by atoms with van der Waals surface area (Å²) >= 11 is 0. The van der Waals surface area contributed by atoms with Gasteiger partial charge in [0.05, 0.1) is 6.10 Å². The lowest BCUT2D eigenvalue weighted by Gasteiger charge is -2.62. The zero-order valence-electron chi connectivity index (χ0n) is 14.5. The van der Waals surface area contributed by atoms with Gasteiger partial charge in [0.25, 0.3) is 0 Å². The van der Waals surface area contributed by atoms with Crippen molar-refractivity contribution in [3.8, 4) is 0 Å². The summed E-state index contributed by atoms with van der Waals surface area (Å²) in [5, 5.41) is 10.5. The van der Waals surface area contributed by atoms with Gasteiger partial charge < -0.3 is 5.11 Å². The number of ketones is 1. The molecule has 2 nitrogen and oxygen atoms in total. The average Bonchev–Trinajstić information content (AvgIpc) is 2.77. The van der Waals surface area contributed by atoms with E-state index < -0.39 is 0 Å². The fourth-order valence-corrected chi connectivity index (χ4v) is 7.40. The van der Waals surface area contributed by atoms with Gasteiger partial charge in [-0.3, -0.25) is 4.79 Å². The summed E-state index contributed by atoms with van der Waals surface area (Å²) in [6.45, 7) is 7.30. The van der Waals surface area contributed by atoms with Crippen LogP contribution in [0.2, 0.25) is 0 Å². The lowest BCUT2D eigenvalue weighted by molar-refractivity contribution is -0.153. The van der Waals surface area contributed by atoms with Crippen molar-refractivity contribution in [3.63, 3.8) is 0 Å². The molecule has 4 aliphatic carbocycles. The molecule has 0 saturated heterocycles. The van der Waals surface area contributed by atoms with Crippen LogP contribution >= 0.6 is 0 Å². The van der Waals surface area contributed by atoms with Crippen LogP contribution in [0.3, 0.4) is 0 Å². The van der Waals surface area contributed by atoms with E-state index in [1.165, 1.54) is 25.7 Å². The molecule has 0 aromatic carbocycles. The van der Waals surface area contributed by atoms with Crippen molar-refractivity contribution in [1.29, 1.82) is 0 Å². The molecule has 0 unspecified atom stereocenters. The molecule has 124 valence electrons. The minimum absolute atomic E-state index is 0.0795. The quantitative estimate of drug-likeness (QED) is 0.728. The van der Waals surface area contributed by atoms with Gasteiger partial charge in [-0.1, -0.05) is 20.8 Å². The van der Waals surface area contributed by atoms with Gasteiger partial charge in [-0.2, -0.15) is 0 Å². The number of carbonyl (C=O) groups is 1. The zero-order chi connectivity index (χ0) is 15.7. The molecule has 0 aromatic rings. The molecule has 0 heterocycles. The van der Waals surface area contributed by atoms with Crippen LogP contribution in [0.4, 0.5) is 0 Å². The highest BCUT2D eigenvalue weighted by Crippen LogP contribution is 2.67. The van der Waals surface area contributed by atoms with Crippen LogP contribution in [-0.4, -0.2) is 17.0 Å². The number of carbonyl (C=O) groups excluding carboxylic acids is 1. The van der Waals surface area contributed by atoms with Crippen LogP contribution in [0.5, 0.6) is 0 Å². The lowest BCUT2D eigenvalue weighted by atomic mass is 9.43. The first-order valence-corrected chi connectivity index (χ1v) is 9.56. The fraction of sp³-hybridized carbons (Fsp3) is 0.950. The van der Waals surface area contributed by atoms with E-state index in [0.29, 0.717) is 23.0 Å². The van der Waals surface area contributed by atoms with E-state index in [1.54, 1.807) is 0 Å². The molecule has 2 heteroatoms. The fourth-order valence-electron chi connectivity index (χ4n) is 7.40. The highest BCUT2D eigenvalue weighted by molar-refractivity contribution is 5.79. The largest absolute Gasteiger partial charge is 0.393 e. The smallest absolute Gasteiger partial charge is 0.133 e. The monoisotopic (exact) mass is 304 g/mol. The highest BCUT2D eigenvalue weighted by Gasteiger charge is 2.61. The first kappa shape index (κ1) is 15.2. The van der Waals surface area contributed by atoms with Crippen molar-refractivity contribution >= 4 is 5.78 Å². The molecule has 0 amide bonds. The molecule has 0 spiro atoms. The molecule has 0 bridgehead atoms. The summed E-state index contributed by atoms with van der Waals surface area (Å²) in [5.74, 6) is 4.14. The van der Waals surface area contributed by atoms with Gasteiger partial charge in [0.15, 0.2) is 0 Å². The molecule has 4 aliphatic rings. The Labute approximate surface area is 135 Å². The minimum Gasteiger partial charge on any atom is -0.393 e. The summed E-state index contributed by atoms with van der Waals surface area (Å²) in [5.41, 5.74) is 0.559. The number of fused-ring (bicyclic) bond motifs is 5. The Bertz CT molecular complexity index is 486. The molecule has 4 fully saturated rings. The van der Waals surface area contributed by atoms with Crippen LogP contribution in [0, 0.1) is 40.4 Å². The van der Waals surface area contributed by atoms with Crippen LogP contribution in [-0.2, 0) is 4.79 Å². The van der Waals surface area contributed by atoms with Gasteiger partial charge in [0.2, 0.25) is 0 Å². The molecular weight excluding hydrogens is 272 g/mol. The number of rotatable bonds is 0. The summed E-state index contributed by atoms with van der Waals surface area (Å²) in [7, 11) is 0. The minimum atomic E-state index is -0.0795. The SMILES string of the molecule is C[C@@H]1C[C@@H]2CC(=O)CC[C@]2(C)[C@@H]2CC[C@]3(C)[C@H](O)CC[C@H]3[C@@H]12. The standard InChI is InChI=1S/C20H32O2/c1-12-10-13-11-14(21)6-8-19(13,2)16-7-9-20(3)15(18(12)16)4-5-17(20)22/h12-13,15-18,22H,4-11H2,1-3H3/t12-,13-,15+,16-,17-,18-,19+,20+/m1/s1. The first-order valence-electron chi connectivity index (χ1n) is 9.56.